The minimum atomic E-state index is 0.898. The summed E-state index contributed by atoms with van der Waals surface area (Å²) in [4.78, 5) is 15.0. The maximum absolute atomic E-state index is 5.10. The molecule has 3 heterocycles. The molecule has 0 aliphatic carbocycles. The average molecular weight is 508 g/mol. The molecular weight excluding hydrogens is 474 g/mol. The predicted molar refractivity (Wildman–Crippen MR) is 161 cm³/mol. The van der Waals surface area contributed by atoms with Crippen LogP contribution in [0.3, 0.4) is 0 Å². The van der Waals surface area contributed by atoms with Crippen molar-refractivity contribution in [2.24, 2.45) is 0 Å². The van der Waals surface area contributed by atoms with Gasteiger partial charge in [0.2, 0.25) is 0 Å². The van der Waals surface area contributed by atoms with Crippen molar-refractivity contribution in [3.8, 4) is 0 Å². The Labute approximate surface area is 222 Å². The number of anilines is 1. The number of aromatic nitrogens is 2. The van der Waals surface area contributed by atoms with E-state index in [0.29, 0.717) is 0 Å². The van der Waals surface area contributed by atoms with Gasteiger partial charge < -0.3 is 15.2 Å². The zero-order valence-electron chi connectivity index (χ0n) is 21.5. The summed E-state index contributed by atoms with van der Waals surface area (Å²) in [5.41, 5.74) is 7.76. The maximum atomic E-state index is 5.10. The number of likely N-dealkylation sites (N-methyl/N-ethyl adjacent to an activating group) is 1. The van der Waals surface area contributed by atoms with Crippen molar-refractivity contribution in [2.45, 2.75) is 4.90 Å². The number of nitrogens with one attached hydrogen (secondary N) is 2. The van der Waals surface area contributed by atoms with E-state index in [4.69, 9.17) is 4.98 Å². The molecule has 1 aliphatic rings. The van der Waals surface area contributed by atoms with E-state index < -0.39 is 0 Å². The highest BCUT2D eigenvalue weighted by Gasteiger charge is 2.16. The van der Waals surface area contributed by atoms with E-state index in [1.165, 1.54) is 21.4 Å². The molecule has 0 saturated carbocycles. The molecule has 6 heteroatoms. The Balaban J connectivity index is 1.35. The van der Waals surface area contributed by atoms with Crippen LogP contribution in [-0.2, 0) is 0 Å². The second-order valence-corrected chi connectivity index (χ2v) is 10.7. The molecule has 6 rings (SSSR count). The zero-order valence-corrected chi connectivity index (χ0v) is 22.3. The van der Waals surface area contributed by atoms with Crippen LogP contribution in [0.15, 0.2) is 71.6 Å². The molecule has 0 atom stereocenters. The molecule has 0 bridgehead atoms. The third-order valence-electron chi connectivity index (χ3n) is 7.36. The van der Waals surface area contributed by atoms with Crippen molar-refractivity contribution in [3.05, 3.63) is 77.9 Å². The summed E-state index contributed by atoms with van der Waals surface area (Å²) in [6.07, 6.45) is 6.48. The minimum Gasteiger partial charge on any atom is -0.381 e. The number of thioether (sulfide) groups is 1. The number of hydrogen-bond acceptors (Lipinski definition) is 5. The maximum Gasteiger partial charge on any atom is 0.0986 e. The van der Waals surface area contributed by atoms with Gasteiger partial charge in [-0.2, -0.15) is 0 Å². The lowest BCUT2D eigenvalue weighted by atomic mass is 10.1. The number of pyridine rings is 1. The predicted octanol–water partition coefficient (Wildman–Crippen LogP) is 6.42. The lowest BCUT2D eigenvalue weighted by Gasteiger charge is -2.32. The molecular formula is C31H33N5S. The Morgan fingerprint density at radius 2 is 1.68 bits per heavy atom. The Kier molecular flexibility index (Phi) is 6.87. The summed E-state index contributed by atoms with van der Waals surface area (Å²) in [7, 11) is 2.21. The highest BCUT2D eigenvalue weighted by Crippen LogP contribution is 2.35. The van der Waals surface area contributed by atoms with E-state index in [1.54, 1.807) is 11.8 Å². The van der Waals surface area contributed by atoms with Crippen LogP contribution in [0.2, 0.25) is 0 Å². The molecule has 0 unspecified atom stereocenters. The largest absolute Gasteiger partial charge is 0.381 e. The number of nitrogens with zero attached hydrogens (tertiary/aromatic N) is 3. The molecule has 3 aromatic carbocycles. The van der Waals surface area contributed by atoms with E-state index in [-0.39, 0.29) is 0 Å². The fourth-order valence-corrected chi connectivity index (χ4v) is 5.54. The number of piperazine rings is 1. The van der Waals surface area contributed by atoms with Crippen molar-refractivity contribution in [1.82, 2.24) is 19.8 Å². The molecule has 0 amide bonds. The summed E-state index contributed by atoms with van der Waals surface area (Å²) in [5.74, 6) is 0. The van der Waals surface area contributed by atoms with Gasteiger partial charge >= 0.3 is 0 Å². The Morgan fingerprint density at radius 3 is 2.49 bits per heavy atom. The second kappa shape index (κ2) is 10.6. The zero-order chi connectivity index (χ0) is 25.2. The third kappa shape index (κ3) is 5.10. The molecule has 0 spiro atoms. The van der Waals surface area contributed by atoms with Crippen LogP contribution >= 0.6 is 11.8 Å². The first kappa shape index (κ1) is 24.0. The van der Waals surface area contributed by atoms with Crippen LogP contribution in [0.25, 0.3) is 45.0 Å². The van der Waals surface area contributed by atoms with Crippen LogP contribution in [0.5, 0.6) is 0 Å². The number of benzene rings is 3. The van der Waals surface area contributed by atoms with E-state index in [2.05, 4.69) is 112 Å². The Bertz CT molecular complexity index is 1560. The van der Waals surface area contributed by atoms with Gasteiger partial charge in [-0.1, -0.05) is 48.6 Å². The van der Waals surface area contributed by atoms with Gasteiger partial charge in [-0.25, -0.2) is 4.98 Å². The fraction of sp³-hybridized carbons (Fsp3) is 0.258. The van der Waals surface area contributed by atoms with Crippen LogP contribution in [-0.4, -0.2) is 72.3 Å². The molecule has 5 nitrogen and oxygen atoms in total. The van der Waals surface area contributed by atoms with Crippen molar-refractivity contribution in [1.29, 1.82) is 0 Å². The summed E-state index contributed by atoms with van der Waals surface area (Å²) in [6.45, 7) is 6.47. The summed E-state index contributed by atoms with van der Waals surface area (Å²) >= 11 is 1.77. The minimum absolute atomic E-state index is 0.898. The van der Waals surface area contributed by atoms with Gasteiger partial charge in [-0.3, -0.25) is 4.90 Å². The lowest BCUT2D eigenvalue weighted by molar-refractivity contribution is 0.158. The van der Waals surface area contributed by atoms with Crippen LogP contribution in [0.4, 0.5) is 5.69 Å². The third-order valence-corrected chi connectivity index (χ3v) is 8.10. The molecule has 1 aliphatic heterocycles. The van der Waals surface area contributed by atoms with E-state index >= 15 is 0 Å². The Morgan fingerprint density at radius 1 is 0.919 bits per heavy atom. The van der Waals surface area contributed by atoms with Gasteiger partial charge in [-0.15, -0.1) is 11.8 Å². The smallest absolute Gasteiger partial charge is 0.0986 e. The number of H-pyrrole nitrogens is 1. The number of para-hydroxylation sites is 1. The quantitative estimate of drug-likeness (QED) is 0.197. The van der Waals surface area contributed by atoms with Gasteiger partial charge in [0, 0.05) is 60.5 Å². The van der Waals surface area contributed by atoms with Crippen molar-refractivity contribution in [2.75, 3.05) is 57.9 Å². The first-order valence-corrected chi connectivity index (χ1v) is 14.2. The normalized spacial score (nSPS) is 15.4. The highest BCUT2D eigenvalue weighted by molar-refractivity contribution is 7.98. The van der Waals surface area contributed by atoms with Gasteiger partial charge in [0.15, 0.2) is 0 Å². The number of hydrogen-bond donors (Lipinski definition) is 2. The van der Waals surface area contributed by atoms with Crippen molar-refractivity contribution >= 4 is 62.4 Å². The van der Waals surface area contributed by atoms with Crippen molar-refractivity contribution in [3.63, 3.8) is 0 Å². The monoisotopic (exact) mass is 507 g/mol. The van der Waals surface area contributed by atoms with Crippen LogP contribution in [0, 0.1) is 0 Å². The number of fused-ring (bicyclic) bond motifs is 4. The molecule has 0 radical (unpaired) electrons. The molecule has 5 aromatic rings. The van der Waals surface area contributed by atoms with Crippen LogP contribution < -0.4 is 5.32 Å². The number of rotatable bonds is 7. The Hall–Kier alpha value is -3.32. The van der Waals surface area contributed by atoms with E-state index in [1.807, 2.05) is 0 Å². The summed E-state index contributed by atoms with van der Waals surface area (Å²) in [5, 5.41) is 6.13. The summed E-state index contributed by atoms with van der Waals surface area (Å²) < 4.78 is 0. The first-order chi connectivity index (χ1) is 18.2. The standard InChI is InChI=1S/C31H33N5S/c1-35-17-19-36(20-18-35)16-15-32-29-26-21-23(8-7-22-9-12-24(37-2)13-10-22)11-14-28(26)33-30-25-5-3-4-6-27(25)34-31(29)30/h3-14,21,34H,15-20H2,1-2H3,(H,32,33)/b8-7+. The fourth-order valence-electron chi connectivity index (χ4n) is 5.14. The first-order valence-electron chi connectivity index (χ1n) is 13.0. The molecule has 1 fully saturated rings. The lowest BCUT2D eigenvalue weighted by Crippen LogP contribution is -2.45. The molecule has 188 valence electrons. The number of aromatic amines is 1. The molecule has 37 heavy (non-hydrogen) atoms. The van der Waals surface area contributed by atoms with Crippen molar-refractivity contribution < 1.29 is 0 Å². The van der Waals surface area contributed by atoms with Gasteiger partial charge in [0.1, 0.15) is 0 Å². The van der Waals surface area contributed by atoms with E-state index in [0.717, 1.165) is 72.4 Å². The molecule has 2 aromatic heterocycles. The van der Waals surface area contributed by atoms with Crippen LogP contribution in [0.1, 0.15) is 11.1 Å². The van der Waals surface area contributed by atoms with Gasteiger partial charge in [-0.05, 0) is 54.8 Å². The van der Waals surface area contributed by atoms with Gasteiger partial charge in [0.05, 0.1) is 22.2 Å². The van der Waals surface area contributed by atoms with Gasteiger partial charge in [0.25, 0.3) is 0 Å². The molecule has 2 N–H and O–H groups in total. The topological polar surface area (TPSA) is 47.2 Å². The summed E-state index contributed by atoms with van der Waals surface area (Å²) in [6, 6.07) is 23.7. The van der Waals surface area contributed by atoms with E-state index in [9.17, 15) is 0 Å². The molecule has 1 saturated heterocycles. The SMILES string of the molecule is CSc1ccc(/C=C/c2ccc3nc4c([nH]c5ccccc54)c(NCCN4CCN(C)CC4)c3c2)cc1. The highest BCUT2D eigenvalue weighted by atomic mass is 32.2. The second-order valence-electron chi connectivity index (χ2n) is 9.84. The average Bonchev–Trinajstić information content (AvgIpc) is 3.31.